The van der Waals surface area contributed by atoms with Gasteiger partial charge in [0.15, 0.2) is 0 Å². The first kappa shape index (κ1) is 15.5. The number of aromatic nitrogens is 4. The minimum absolute atomic E-state index is 0.0981. The van der Waals surface area contributed by atoms with E-state index in [2.05, 4.69) is 14.8 Å². The van der Waals surface area contributed by atoms with Gasteiger partial charge >= 0.3 is 0 Å². The molecule has 0 amide bonds. The first-order chi connectivity index (χ1) is 12.2. The van der Waals surface area contributed by atoms with Crippen LogP contribution in [0.3, 0.4) is 0 Å². The van der Waals surface area contributed by atoms with Gasteiger partial charge in [0.1, 0.15) is 11.6 Å². The Hall–Kier alpha value is -2.99. The van der Waals surface area contributed by atoms with Crippen molar-refractivity contribution in [1.82, 2.24) is 19.7 Å². The van der Waals surface area contributed by atoms with Gasteiger partial charge < -0.3 is 10.3 Å². The number of H-pyrrole nitrogens is 1. The Morgan fingerprint density at radius 1 is 1.16 bits per heavy atom. The third-order valence-corrected chi connectivity index (χ3v) is 4.48. The molecule has 0 aliphatic carbocycles. The fourth-order valence-electron chi connectivity index (χ4n) is 3.13. The molecule has 0 saturated heterocycles. The predicted octanol–water partition coefficient (Wildman–Crippen LogP) is 3.19. The summed E-state index contributed by atoms with van der Waals surface area (Å²) in [6, 6.07) is 16.2. The Morgan fingerprint density at radius 3 is 2.64 bits per heavy atom. The Balaban J connectivity index is 1.74. The van der Waals surface area contributed by atoms with E-state index >= 15 is 0 Å². The molecule has 0 bridgehead atoms. The lowest BCUT2D eigenvalue weighted by Gasteiger charge is -2.12. The molecule has 1 atom stereocenters. The lowest BCUT2D eigenvalue weighted by Crippen LogP contribution is -2.18. The fraction of sp³-hybridized carbons (Fsp3) is 0.158. The molecule has 2 aromatic carbocycles. The van der Waals surface area contributed by atoms with Gasteiger partial charge in [0, 0.05) is 24.8 Å². The van der Waals surface area contributed by atoms with Crippen molar-refractivity contribution in [3.8, 4) is 11.3 Å². The smallest absolute Gasteiger partial charge is 0.123 e. The van der Waals surface area contributed by atoms with Crippen molar-refractivity contribution in [1.29, 1.82) is 0 Å². The second kappa shape index (κ2) is 6.14. The molecular formula is C19H18FN5. The summed E-state index contributed by atoms with van der Waals surface area (Å²) in [5.41, 5.74) is 10.5. The average Bonchev–Trinajstić information content (AvgIpc) is 3.23. The Labute approximate surface area is 144 Å². The SMILES string of the molecule is Cn1c(C(CN)c2cc(-c3ccc(F)cc3)n[nH]2)nc2ccccc21. The number of halogens is 1. The monoisotopic (exact) mass is 335 g/mol. The first-order valence-electron chi connectivity index (χ1n) is 8.10. The molecule has 0 saturated carbocycles. The number of rotatable bonds is 4. The van der Waals surface area contributed by atoms with Gasteiger partial charge in [-0.2, -0.15) is 5.10 Å². The number of fused-ring (bicyclic) bond motifs is 1. The topological polar surface area (TPSA) is 72.5 Å². The van der Waals surface area contributed by atoms with E-state index in [1.54, 1.807) is 12.1 Å². The van der Waals surface area contributed by atoms with Crippen LogP contribution in [-0.4, -0.2) is 26.3 Å². The molecule has 4 rings (SSSR count). The maximum absolute atomic E-state index is 13.1. The quantitative estimate of drug-likeness (QED) is 0.601. The fourth-order valence-corrected chi connectivity index (χ4v) is 3.13. The molecule has 2 heterocycles. The summed E-state index contributed by atoms with van der Waals surface area (Å²) in [6.07, 6.45) is 0. The van der Waals surface area contributed by atoms with Crippen molar-refractivity contribution in [2.75, 3.05) is 6.54 Å². The molecule has 1 unspecified atom stereocenters. The molecule has 2 aromatic heterocycles. The molecule has 6 heteroatoms. The van der Waals surface area contributed by atoms with Crippen molar-refractivity contribution in [2.24, 2.45) is 12.8 Å². The van der Waals surface area contributed by atoms with E-state index in [9.17, 15) is 4.39 Å². The highest BCUT2D eigenvalue weighted by Gasteiger charge is 2.21. The summed E-state index contributed by atoms with van der Waals surface area (Å²) in [7, 11) is 1.99. The third-order valence-electron chi connectivity index (χ3n) is 4.48. The standard InChI is InChI=1S/C19H18FN5/c1-25-18-5-3-2-4-15(18)22-19(25)14(11-21)17-10-16(23-24-17)12-6-8-13(20)9-7-12/h2-10,14H,11,21H2,1H3,(H,23,24). The van der Waals surface area contributed by atoms with Crippen LogP contribution in [0.25, 0.3) is 22.3 Å². The molecule has 4 aromatic rings. The minimum atomic E-state index is -0.265. The van der Waals surface area contributed by atoms with Gasteiger partial charge in [0.2, 0.25) is 0 Å². The number of para-hydroxylation sites is 2. The van der Waals surface area contributed by atoms with Gasteiger partial charge in [-0.3, -0.25) is 5.10 Å². The van der Waals surface area contributed by atoms with Crippen LogP contribution in [0.4, 0.5) is 4.39 Å². The summed E-state index contributed by atoms with van der Waals surface area (Å²) in [6.45, 7) is 0.405. The number of nitrogens with zero attached hydrogens (tertiary/aromatic N) is 3. The van der Waals surface area contributed by atoms with E-state index in [1.165, 1.54) is 12.1 Å². The van der Waals surface area contributed by atoms with Crippen LogP contribution in [0.2, 0.25) is 0 Å². The normalized spacial score (nSPS) is 12.6. The summed E-state index contributed by atoms with van der Waals surface area (Å²) < 4.78 is 15.2. The highest BCUT2D eigenvalue weighted by molar-refractivity contribution is 5.76. The second-order valence-electron chi connectivity index (χ2n) is 6.02. The highest BCUT2D eigenvalue weighted by Crippen LogP contribution is 2.27. The highest BCUT2D eigenvalue weighted by atomic mass is 19.1. The van der Waals surface area contributed by atoms with Crippen molar-refractivity contribution >= 4 is 11.0 Å². The number of aromatic amines is 1. The summed E-state index contributed by atoms with van der Waals surface area (Å²) in [5.74, 6) is 0.524. The zero-order chi connectivity index (χ0) is 17.4. The average molecular weight is 335 g/mol. The summed E-state index contributed by atoms with van der Waals surface area (Å²) >= 11 is 0. The van der Waals surface area contributed by atoms with Gasteiger partial charge in [-0.1, -0.05) is 12.1 Å². The van der Waals surface area contributed by atoms with E-state index < -0.39 is 0 Å². The van der Waals surface area contributed by atoms with Crippen LogP contribution in [0, 0.1) is 5.82 Å². The minimum Gasteiger partial charge on any atom is -0.331 e. The number of nitrogens with two attached hydrogens (primary N) is 1. The number of benzene rings is 2. The predicted molar refractivity (Wildman–Crippen MR) is 95.6 cm³/mol. The number of aryl methyl sites for hydroxylation is 1. The largest absolute Gasteiger partial charge is 0.331 e. The molecule has 25 heavy (non-hydrogen) atoms. The lowest BCUT2D eigenvalue weighted by molar-refractivity contribution is 0.628. The van der Waals surface area contributed by atoms with Crippen LogP contribution < -0.4 is 5.73 Å². The summed E-state index contributed by atoms with van der Waals surface area (Å²) in [5, 5.41) is 7.42. The third kappa shape index (κ3) is 2.70. The molecule has 0 spiro atoms. The molecule has 5 nitrogen and oxygen atoms in total. The molecule has 0 radical (unpaired) electrons. The molecule has 3 N–H and O–H groups in total. The molecule has 126 valence electrons. The number of imidazole rings is 1. The van der Waals surface area contributed by atoms with E-state index in [0.29, 0.717) is 6.54 Å². The van der Waals surface area contributed by atoms with Crippen molar-refractivity contribution in [3.63, 3.8) is 0 Å². The van der Waals surface area contributed by atoms with E-state index in [1.807, 2.05) is 37.4 Å². The van der Waals surface area contributed by atoms with Crippen LogP contribution in [0.1, 0.15) is 17.4 Å². The Bertz CT molecular complexity index is 1020. The van der Waals surface area contributed by atoms with Crippen molar-refractivity contribution in [2.45, 2.75) is 5.92 Å². The first-order valence-corrected chi connectivity index (χ1v) is 8.10. The van der Waals surface area contributed by atoms with Gasteiger partial charge in [-0.15, -0.1) is 0 Å². The number of hydrogen-bond acceptors (Lipinski definition) is 3. The van der Waals surface area contributed by atoms with Gasteiger partial charge in [0.05, 0.1) is 22.6 Å². The van der Waals surface area contributed by atoms with E-state index in [4.69, 9.17) is 10.7 Å². The van der Waals surface area contributed by atoms with E-state index in [-0.39, 0.29) is 11.7 Å². The van der Waals surface area contributed by atoms with Gasteiger partial charge in [-0.05, 0) is 42.5 Å². The molecule has 0 aliphatic rings. The van der Waals surface area contributed by atoms with Crippen molar-refractivity contribution in [3.05, 3.63) is 71.9 Å². The van der Waals surface area contributed by atoms with Crippen LogP contribution >= 0.6 is 0 Å². The van der Waals surface area contributed by atoms with Gasteiger partial charge in [-0.25, -0.2) is 9.37 Å². The molecule has 0 fully saturated rings. The van der Waals surface area contributed by atoms with Crippen molar-refractivity contribution < 1.29 is 4.39 Å². The number of nitrogens with one attached hydrogen (secondary N) is 1. The Kier molecular flexibility index (Phi) is 3.82. The zero-order valence-corrected chi connectivity index (χ0v) is 13.8. The zero-order valence-electron chi connectivity index (χ0n) is 13.8. The molecule has 0 aliphatic heterocycles. The van der Waals surface area contributed by atoms with Crippen LogP contribution in [0.5, 0.6) is 0 Å². The van der Waals surface area contributed by atoms with Crippen LogP contribution in [0.15, 0.2) is 54.6 Å². The van der Waals surface area contributed by atoms with E-state index in [0.717, 1.165) is 33.8 Å². The maximum Gasteiger partial charge on any atom is 0.123 e. The Morgan fingerprint density at radius 2 is 1.92 bits per heavy atom. The van der Waals surface area contributed by atoms with Crippen LogP contribution in [-0.2, 0) is 7.05 Å². The van der Waals surface area contributed by atoms with Gasteiger partial charge in [0.25, 0.3) is 0 Å². The summed E-state index contributed by atoms with van der Waals surface area (Å²) in [4.78, 5) is 4.74. The maximum atomic E-state index is 13.1. The second-order valence-corrected chi connectivity index (χ2v) is 6.02. The molecular weight excluding hydrogens is 317 g/mol. The lowest BCUT2D eigenvalue weighted by atomic mass is 10.0. The number of hydrogen-bond donors (Lipinski definition) is 2.